The number of carbonyl (C=O) groups is 2. The van der Waals surface area contributed by atoms with E-state index >= 15 is 0 Å². The van der Waals surface area contributed by atoms with Crippen LogP contribution in [0.5, 0.6) is 0 Å². The van der Waals surface area contributed by atoms with E-state index in [-0.39, 0.29) is 18.0 Å². The first-order valence-electron chi connectivity index (χ1n) is 5.50. The second kappa shape index (κ2) is 6.00. The van der Waals surface area contributed by atoms with Gasteiger partial charge in [0.25, 0.3) is 5.91 Å². The molecule has 1 N–H and O–H groups in total. The van der Waals surface area contributed by atoms with E-state index < -0.39 is 17.5 Å². The van der Waals surface area contributed by atoms with Gasteiger partial charge < -0.3 is 14.4 Å². The zero-order valence-corrected chi connectivity index (χ0v) is 10.3. The lowest BCUT2D eigenvalue weighted by Gasteiger charge is -2.22. The van der Waals surface area contributed by atoms with Crippen LogP contribution in [0.1, 0.15) is 24.2 Å². The van der Waals surface area contributed by atoms with E-state index in [0.717, 1.165) is 12.3 Å². The lowest BCUT2D eigenvalue weighted by molar-refractivity contribution is -0.137. The second-order valence-corrected chi connectivity index (χ2v) is 4.32. The minimum atomic E-state index is -1.08. The molecule has 1 heterocycles. The predicted molar refractivity (Wildman–Crippen MR) is 63.4 cm³/mol. The number of nitrogens with zero attached hydrogens (tertiary/aromatic N) is 1. The van der Waals surface area contributed by atoms with E-state index in [1.807, 2.05) is 13.8 Å². The Balaban J connectivity index is 2.90. The molecule has 0 aliphatic rings. The van der Waals surface area contributed by atoms with E-state index in [9.17, 15) is 14.4 Å². The van der Waals surface area contributed by atoms with Crippen molar-refractivity contribution in [1.82, 2.24) is 4.90 Å². The molecule has 98 valence electrons. The number of rotatable bonds is 5. The van der Waals surface area contributed by atoms with E-state index in [2.05, 4.69) is 4.42 Å². The summed E-state index contributed by atoms with van der Waals surface area (Å²) in [7, 11) is 0. The second-order valence-electron chi connectivity index (χ2n) is 4.32. The number of amides is 1. The molecule has 1 rings (SSSR count). The van der Waals surface area contributed by atoms with Gasteiger partial charge in [-0.25, -0.2) is 4.79 Å². The van der Waals surface area contributed by atoms with Gasteiger partial charge in [0.1, 0.15) is 12.8 Å². The van der Waals surface area contributed by atoms with Crippen LogP contribution in [-0.2, 0) is 4.79 Å². The van der Waals surface area contributed by atoms with Gasteiger partial charge in [-0.15, -0.1) is 0 Å². The molecular weight excluding hydrogens is 238 g/mol. The topological polar surface area (TPSA) is 87.8 Å². The van der Waals surface area contributed by atoms with Crippen molar-refractivity contribution in [2.75, 3.05) is 13.1 Å². The van der Waals surface area contributed by atoms with Gasteiger partial charge in [-0.3, -0.25) is 9.59 Å². The Kier molecular flexibility index (Phi) is 4.65. The average molecular weight is 253 g/mol. The van der Waals surface area contributed by atoms with Crippen molar-refractivity contribution in [3.8, 4) is 0 Å². The van der Waals surface area contributed by atoms with Crippen molar-refractivity contribution >= 4 is 11.9 Å². The molecule has 0 aromatic carbocycles. The molecule has 0 radical (unpaired) electrons. The lowest BCUT2D eigenvalue weighted by atomic mass is 10.2. The van der Waals surface area contributed by atoms with Crippen molar-refractivity contribution in [3.63, 3.8) is 0 Å². The van der Waals surface area contributed by atoms with Crippen molar-refractivity contribution in [2.45, 2.75) is 13.8 Å². The van der Waals surface area contributed by atoms with Crippen LogP contribution in [0.2, 0.25) is 0 Å². The molecule has 0 saturated heterocycles. The summed E-state index contributed by atoms with van der Waals surface area (Å²) in [6.45, 7) is 3.71. The third-order valence-electron chi connectivity index (χ3n) is 2.15. The lowest BCUT2D eigenvalue weighted by Crippen LogP contribution is -2.38. The van der Waals surface area contributed by atoms with E-state index in [1.165, 1.54) is 11.0 Å². The molecule has 6 heteroatoms. The van der Waals surface area contributed by atoms with Crippen LogP contribution >= 0.6 is 0 Å². The zero-order chi connectivity index (χ0) is 13.7. The van der Waals surface area contributed by atoms with Gasteiger partial charge in [0.2, 0.25) is 0 Å². The third-order valence-corrected chi connectivity index (χ3v) is 2.15. The quantitative estimate of drug-likeness (QED) is 0.839. The fourth-order valence-corrected chi connectivity index (χ4v) is 1.49. The molecule has 1 amide bonds. The van der Waals surface area contributed by atoms with Gasteiger partial charge >= 0.3 is 11.6 Å². The van der Waals surface area contributed by atoms with Gasteiger partial charge in [0, 0.05) is 12.6 Å². The number of carboxylic acid groups (broad SMARTS) is 1. The molecular formula is C12H15NO5. The van der Waals surface area contributed by atoms with Crippen LogP contribution in [0.15, 0.2) is 27.6 Å². The molecule has 0 aliphatic heterocycles. The van der Waals surface area contributed by atoms with E-state index in [4.69, 9.17) is 5.11 Å². The largest absolute Gasteiger partial charge is 0.480 e. The summed E-state index contributed by atoms with van der Waals surface area (Å²) >= 11 is 0. The summed E-state index contributed by atoms with van der Waals surface area (Å²) in [5, 5.41) is 8.77. The Morgan fingerprint density at radius 3 is 2.50 bits per heavy atom. The molecule has 0 unspecified atom stereocenters. The Bertz CT molecular complexity index is 471. The highest BCUT2D eigenvalue weighted by atomic mass is 16.4. The maximum absolute atomic E-state index is 12.0. The molecule has 0 aliphatic carbocycles. The molecule has 0 spiro atoms. The number of hydrogen-bond acceptors (Lipinski definition) is 4. The van der Waals surface area contributed by atoms with Crippen molar-refractivity contribution in [2.24, 2.45) is 5.92 Å². The van der Waals surface area contributed by atoms with Gasteiger partial charge in [0.15, 0.2) is 0 Å². The van der Waals surface area contributed by atoms with Gasteiger partial charge in [-0.05, 0) is 12.0 Å². The van der Waals surface area contributed by atoms with Gasteiger partial charge in [-0.2, -0.15) is 0 Å². The average Bonchev–Trinajstić information content (AvgIpc) is 2.27. The Labute approximate surface area is 104 Å². The Morgan fingerprint density at radius 2 is 2.06 bits per heavy atom. The number of carbonyl (C=O) groups excluding carboxylic acids is 1. The zero-order valence-electron chi connectivity index (χ0n) is 10.3. The SMILES string of the molecule is CC(C)CN(CC(=O)O)C(=O)c1ccc(=O)oc1. The van der Waals surface area contributed by atoms with Crippen molar-refractivity contribution < 1.29 is 19.1 Å². The Morgan fingerprint density at radius 1 is 1.39 bits per heavy atom. The fourth-order valence-electron chi connectivity index (χ4n) is 1.49. The first kappa shape index (κ1) is 14.0. The third kappa shape index (κ3) is 4.04. The molecule has 0 atom stereocenters. The maximum Gasteiger partial charge on any atom is 0.335 e. The van der Waals surface area contributed by atoms with Crippen LogP contribution < -0.4 is 5.63 Å². The minimum absolute atomic E-state index is 0.143. The summed E-state index contributed by atoms with van der Waals surface area (Å²) in [4.78, 5) is 34.7. The standard InChI is InChI=1S/C12H15NO5/c1-8(2)5-13(6-10(14)15)12(17)9-3-4-11(16)18-7-9/h3-4,7-8H,5-6H2,1-2H3,(H,14,15). The first-order chi connectivity index (χ1) is 8.40. The molecule has 0 saturated carbocycles. The summed E-state index contributed by atoms with van der Waals surface area (Å²) in [5.74, 6) is -1.40. The maximum atomic E-state index is 12.0. The number of carboxylic acids is 1. The highest BCUT2D eigenvalue weighted by Crippen LogP contribution is 2.06. The number of aliphatic carboxylic acids is 1. The Hall–Kier alpha value is -2.11. The first-order valence-corrected chi connectivity index (χ1v) is 5.50. The van der Waals surface area contributed by atoms with E-state index in [0.29, 0.717) is 6.54 Å². The molecule has 0 bridgehead atoms. The fraction of sp³-hybridized carbons (Fsp3) is 0.417. The van der Waals surface area contributed by atoms with Gasteiger partial charge in [0.05, 0.1) is 5.56 Å². The monoisotopic (exact) mass is 253 g/mol. The summed E-state index contributed by atoms with van der Waals surface area (Å²) in [6.07, 6.45) is 1.04. The normalized spacial score (nSPS) is 10.4. The van der Waals surface area contributed by atoms with Crippen LogP contribution in [0.25, 0.3) is 0 Å². The molecule has 18 heavy (non-hydrogen) atoms. The van der Waals surface area contributed by atoms with E-state index in [1.54, 1.807) is 0 Å². The van der Waals surface area contributed by atoms with Crippen LogP contribution in [0, 0.1) is 5.92 Å². The minimum Gasteiger partial charge on any atom is -0.480 e. The molecule has 6 nitrogen and oxygen atoms in total. The van der Waals surface area contributed by atoms with Crippen molar-refractivity contribution in [3.05, 3.63) is 34.4 Å². The molecule has 0 fully saturated rings. The molecule has 1 aromatic heterocycles. The van der Waals surface area contributed by atoms with Crippen LogP contribution in [-0.4, -0.2) is 35.0 Å². The molecule has 1 aromatic rings. The predicted octanol–water partition coefficient (Wildman–Crippen LogP) is 0.823. The summed E-state index contributed by atoms with van der Waals surface area (Å²) in [5.41, 5.74) is -0.392. The summed E-state index contributed by atoms with van der Waals surface area (Å²) < 4.78 is 4.59. The summed E-state index contributed by atoms with van der Waals surface area (Å²) in [6, 6.07) is 2.45. The van der Waals surface area contributed by atoms with Crippen LogP contribution in [0.3, 0.4) is 0 Å². The number of hydrogen-bond donors (Lipinski definition) is 1. The van der Waals surface area contributed by atoms with Gasteiger partial charge in [-0.1, -0.05) is 13.8 Å². The highest BCUT2D eigenvalue weighted by molar-refractivity contribution is 5.95. The smallest absolute Gasteiger partial charge is 0.335 e. The van der Waals surface area contributed by atoms with Crippen molar-refractivity contribution in [1.29, 1.82) is 0 Å². The van der Waals surface area contributed by atoms with Crippen LogP contribution in [0.4, 0.5) is 0 Å². The highest BCUT2D eigenvalue weighted by Gasteiger charge is 2.19.